The zero-order valence-electron chi connectivity index (χ0n) is 13.8. The Balaban J connectivity index is 2.11. The van der Waals surface area contributed by atoms with E-state index in [1.165, 1.54) is 12.1 Å². The summed E-state index contributed by atoms with van der Waals surface area (Å²) in [7, 11) is 0. The van der Waals surface area contributed by atoms with Gasteiger partial charge in [0.05, 0.1) is 5.56 Å². The number of benzene rings is 1. The van der Waals surface area contributed by atoms with Gasteiger partial charge in [0.15, 0.2) is 5.69 Å². The number of hydrogen-bond donors (Lipinski definition) is 2. The van der Waals surface area contributed by atoms with Gasteiger partial charge in [0.1, 0.15) is 12.3 Å². The van der Waals surface area contributed by atoms with Crippen molar-refractivity contribution in [2.24, 2.45) is 0 Å². The zero-order valence-corrected chi connectivity index (χ0v) is 13.8. The average molecular weight is 370 g/mol. The molecular formula is C17H17F3N2O4. The molecule has 2 rings (SSSR count). The number of hydrogen-bond acceptors (Lipinski definition) is 4. The van der Waals surface area contributed by atoms with E-state index in [0.717, 1.165) is 24.8 Å². The van der Waals surface area contributed by atoms with Crippen molar-refractivity contribution in [3.63, 3.8) is 0 Å². The predicted octanol–water partition coefficient (Wildman–Crippen LogP) is 3.73. The first-order chi connectivity index (χ1) is 12.2. The highest BCUT2D eigenvalue weighted by Crippen LogP contribution is 2.30. The van der Waals surface area contributed by atoms with Gasteiger partial charge in [-0.15, -0.1) is 0 Å². The molecule has 6 nitrogen and oxygen atoms in total. The van der Waals surface area contributed by atoms with Crippen molar-refractivity contribution in [2.75, 3.05) is 0 Å². The topological polar surface area (TPSA) is 92.4 Å². The normalized spacial score (nSPS) is 12.6. The van der Waals surface area contributed by atoms with E-state index in [-0.39, 0.29) is 23.6 Å². The molecule has 2 N–H and O–H groups in total. The van der Waals surface area contributed by atoms with Gasteiger partial charge in [-0.2, -0.15) is 13.2 Å². The van der Waals surface area contributed by atoms with E-state index < -0.39 is 29.7 Å². The Kier molecular flexibility index (Phi) is 6.01. The number of carbonyl (C=O) groups is 2. The van der Waals surface area contributed by atoms with Gasteiger partial charge in [0.2, 0.25) is 5.89 Å². The second-order valence-electron chi connectivity index (χ2n) is 5.62. The molecule has 0 radical (unpaired) electrons. The van der Waals surface area contributed by atoms with Crippen LogP contribution in [0.3, 0.4) is 0 Å². The highest BCUT2D eigenvalue weighted by molar-refractivity contribution is 5.95. The summed E-state index contributed by atoms with van der Waals surface area (Å²) >= 11 is 0. The van der Waals surface area contributed by atoms with Crippen molar-refractivity contribution in [3.05, 3.63) is 41.8 Å². The number of amides is 1. The molecule has 0 aliphatic heterocycles. The van der Waals surface area contributed by atoms with Crippen molar-refractivity contribution >= 4 is 11.9 Å². The number of unbranched alkanes of at least 4 members (excludes halogenated alkanes) is 1. The van der Waals surface area contributed by atoms with E-state index in [2.05, 4.69) is 10.3 Å². The van der Waals surface area contributed by atoms with Crippen LogP contribution in [0, 0.1) is 0 Å². The van der Waals surface area contributed by atoms with Gasteiger partial charge >= 0.3 is 12.1 Å². The van der Waals surface area contributed by atoms with Crippen molar-refractivity contribution in [2.45, 2.75) is 38.4 Å². The molecule has 1 atom stereocenters. The van der Waals surface area contributed by atoms with Crippen LogP contribution < -0.4 is 5.32 Å². The second-order valence-corrected chi connectivity index (χ2v) is 5.62. The van der Waals surface area contributed by atoms with Crippen LogP contribution in [-0.4, -0.2) is 28.0 Å². The monoisotopic (exact) mass is 370 g/mol. The summed E-state index contributed by atoms with van der Waals surface area (Å²) < 4.78 is 42.8. The van der Waals surface area contributed by atoms with Crippen LogP contribution in [0.1, 0.15) is 42.2 Å². The zero-order chi connectivity index (χ0) is 19.3. The third-order valence-electron chi connectivity index (χ3n) is 3.65. The fourth-order valence-electron chi connectivity index (χ4n) is 2.21. The number of nitrogens with zero attached hydrogens (tertiary/aromatic N) is 1. The molecule has 2 aromatic rings. The van der Waals surface area contributed by atoms with Gasteiger partial charge in [0.25, 0.3) is 5.91 Å². The second kappa shape index (κ2) is 8.03. The Morgan fingerprint density at radius 1 is 1.27 bits per heavy atom. The number of carbonyl (C=O) groups excluding carboxylic acids is 1. The van der Waals surface area contributed by atoms with Crippen LogP contribution in [-0.2, 0) is 11.0 Å². The van der Waals surface area contributed by atoms with Crippen molar-refractivity contribution in [1.82, 2.24) is 10.3 Å². The summed E-state index contributed by atoms with van der Waals surface area (Å²) in [4.78, 5) is 27.2. The van der Waals surface area contributed by atoms with Crippen LogP contribution in [0.5, 0.6) is 0 Å². The van der Waals surface area contributed by atoms with E-state index >= 15 is 0 Å². The summed E-state index contributed by atoms with van der Waals surface area (Å²) in [6, 6.07) is 3.07. The molecule has 1 aromatic heterocycles. The number of aliphatic carboxylic acids is 1. The Hall–Kier alpha value is -2.84. The molecule has 0 aliphatic carbocycles. The van der Waals surface area contributed by atoms with Gasteiger partial charge < -0.3 is 14.8 Å². The highest BCUT2D eigenvalue weighted by atomic mass is 19.4. The lowest BCUT2D eigenvalue weighted by Crippen LogP contribution is -2.40. The van der Waals surface area contributed by atoms with Crippen LogP contribution >= 0.6 is 0 Å². The van der Waals surface area contributed by atoms with Crippen LogP contribution in [0.4, 0.5) is 13.2 Å². The first-order valence-corrected chi connectivity index (χ1v) is 7.89. The van der Waals surface area contributed by atoms with Crippen LogP contribution in [0.25, 0.3) is 11.5 Å². The maximum Gasteiger partial charge on any atom is 0.416 e. The number of alkyl halides is 3. The fraction of sp³-hybridized carbons (Fsp3) is 0.353. The Morgan fingerprint density at radius 2 is 1.92 bits per heavy atom. The molecule has 9 heteroatoms. The molecule has 0 saturated heterocycles. The molecule has 1 aromatic carbocycles. The van der Waals surface area contributed by atoms with Gasteiger partial charge in [-0.3, -0.25) is 4.79 Å². The number of rotatable bonds is 7. The first kappa shape index (κ1) is 19.5. The number of aromatic nitrogens is 1. The van der Waals surface area contributed by atoms with E-state index in [0.29, 0.717) is 6.42 Å². The minimum absolute atomic E-state index is 0.0377. The van der Waals surface area contributed by atoms with Gasteiger partial charge in [0, 0.05) is 5.56 Å². The summed E-state index contributed by atoms with van der Waals surface area (Å²) in [5.74, 6) is -1.92. The first-order valence-electron chi connectivity index (χ1n) is 7.89. The third-order valence-corrected chi connectivity index (χ3v) is 3.65. The van der Waals surface area contributed by atoms with Gasteiger partial charge in [-0.05, 0) is 30.7 Å². The Labute approximate surface area is 147 Å². The van der Waals surface area contributed by atoms with Crippen molar-refractivity contribution < 1.29 is 32.3 Å². The molecule has 0 saturated carbocycles. The lowest BCUT2D eigenvalue weighted by molar-refractivity contribution is -0.139. The quantitative estimate of drug-likeness (QED) is 0.775. The molecule has 0 aliphatic rings. The minimum Gasteiger partial charge on any atom is -0.480 e. The largest absolute Gasteiger partial charge is 0.480 e. The fourth-order valence-corrected chi connectivity index (χ4v) is 2.21. The molecule has 1 amide bonds. The van der Waals surface area contributed by atoms with E-state index in [1.54, 1.807) is 0 Å². The molecule has 1 heterocycles. The van der Waals surface area contributed by atoms with Gasteiger partial charge in [-0.1, -0.05) is 19.8 Å². The molecule has 1 unspecified atom stereocenters. The molecular weight excluding hydrogens is 353 g/mol. The molecule has 140 valence electrons. The standard InChI is InChI=1S/C17H17F3N2O4/c1-2-3-4-12(16(24)25)21-14(23)13-9-26-15(22-13)10-5-7-11(8-6-10)17(18,19)20/h5-9,12H,2-4H2,1H3,(H,21,23)(H,24,25). The molecule has 0 bridgehead atoms. The summed E-state index contributed by atoms with van der Waals surface area (Å²) in [6.07, 6.45) is -1.73. The van der Waals surface area contributed by atoms with Gasteiger partial charge in [-0.25, -0.2) is 9.78 Å². The summed E-state index contributed by atoms with van der Waals surface area (Å²) in [5.41, 5.74) is -0.702. The van der Waals surface area contributed by atoms with E-state index in [4.69, 9.17) is 9.52 Å². The summed E-state index contributed by atoms with van der Waals surface area (Å²) in [5, 5.41) is 11.5. The maximum absolute atomic E-state index is 12.6. The molecule has 0 fully saturated rings. The van der Waals surface area contributed by atoms with Crippen LogP contribution in [0.2, 0.25) is 0 Å². The Bertz CT molecular complexity index is 769. The Morgan fingerprint density at radius 3 is 2.46 bits per heavy atom. The SMILES string of the molecule is CCCCC(NC(=O)c1coc(-c2ccc(C(F)(F)F)cc2)n1)C(=O)O. The number of nitrogens with one attached hydrogen (secondary N) is 1. The number of halogens is 3. The van der Waals surface area contributed by atoms with Crippen molar-refractivity contribution in [1.29, 1.82) is 0 Å². The maximum atomic E-state index is 12.6. The highest BCUT2D eigenvalue weighted by Gasteiger charge is 2.30. The van der Waals surface area contributed by atoms with E-state index in [1.807, 2.05) is 6.92 Å². The van der Waals surface area contributed by atoms with Crippen molar-refractivity contribution in [3.8, 4) is 11.5 Å². The number of carboxylic acid groups (broad SMARTS) is 1. The predicted molar refractivity (Wildman–Crippen MR) is 85.4 cm³/mol. The minimum atomic E-state index is -4.45. The number of carboxylic acids is 1. The summed E-state index contributed by atoms with van der Waals surface area (Å²) in [6.45, 7) is 1.90. The van der Waals surface area contributed by atoms with E-state index in [9.17, 15) is 22.8 Å². The number of oxazole rings is 1. The van der Waals surface area contributed by atoms with Crippen LogP contribution in [0.15, 0.2) is 34.9 Å². The average Bonchev–Trinajstić information content (AvgIpc) is 3.07. The lowest BCUT2D eigenvalue weighted by Gasteiger charge is -2.12. The lowest BCUT2D eigenvalue weighted by atomic mass is 10.1. The third kappa shape index (κ3) is 4.84. The molecule has 26 heavy (non-hydrogen) atoms. The smallest absolute Gasteiger partial charge is 0.416 e. The molecule has 0 spiro atoms.